The highest BCUT2D eigenvalue weighted by molar-refractivity contribution is 7.12. The van der Waals surface area contributed by atoms with E-state index in [2.05, 4.69) is 33.5 Å². The smallest absolute Gasteiger partial charge is 0.227 e. The molecule has 1 saturated heterocycles. The molecular weight excluding hydrogens is 308 g/mol. The highest BCUT2D eigenvalue weighted by Crippen LogP contribution is 2.17. The van der Waals surface area contributed by atoms with Crippen LogP contribution in [0.4, 0.5) is 0 Å². The van der Waals surface area contributed by atoms with Crippen molar-refractivity contribution in [2.75, 3.05) is 26.2 Å². The molecule has 1 amide bonds. The molecular formula is C17H24N4OS. The summed E-state index contributed by atoms with van der Waals surface area (Å²) in [4.78, 5) is 23.8. The molecule has 0 radical (unpaired) electrons. The molecule has 3 rings (SSSR count). The Balaban J connectivity index is 1.53. The number of imidazole rings is 1. The third-order valence-electron chi connectivity index (χ3n) is 4.35. The third-order valence-corrected chi connectivity index (χ3v) is 5.35. The number of thiophene rings is 1. The van der Waals surface area contributed by atoms with Crippen LogP contribution in [0.3, 0.4) is 0 Å². The first kappa shape index (κ1) is 16.2. The lowest BCUT2D eigenvalue weighted by atomic mass is 10.3. The Morgan fingerprint density at radius 3 is 2.83 bits per heavy atom. The van der Waals surface area contributed by atoms with E-state index in [0.29, 0.717) is 6.42 Å². The average molecular weight is 332 g/mol. The predicted octanol–water partition coefficient (Wildman–Crippen LogP) is 2.07. The molecule has 0 aromatic carbocycles. The van der Waals surface area contributed by atoms with E-state index >= 15 is 0 Å². The van der Waals surface area contributed by atoms with E-state index in [9.17, 15) is 4.79 Å². The van der Waals surface area contributed by atoms with Gasteiger partial charge in [-0.05, 0) is 25.5 Å². The summed E-state index contributed by atoms with van der Waals surface area (Å²) in [5.41, 5.74) is 0. The molecule has 1 aliphatic rings. The van der Waals surface area contributed by atoms with E-state index in [1.165, 1.54) is 9.75 Å². The summed E-state index contributed by atoms with van der Waals surface area (Å²) in [5.74, 6) is 1.34. The SMILES string of the molecule is Cc1ccc(CC(=O)N2CCCN(Cc3nccn3C)CC2)s1. The number of carbonyl (C=O) groups is 1. The molecule has 23 heavy (non-hydrogen) atoms. The minimum atomic E-state index is 0.255. The maximum Gasteiger partial charge on any atom is 0.227 e. The highest BCUT2D eigenvalue weighted by atomic mass is 32.1. The maximum absolute atomic E-state index is 12.5. The number of rotatable bonds is 4. The first-order valence-corrected chi connectivity index (χ1v) is 8.95. The van der Waals surface area contributed by atoms with E-state index in [1.54, 1.807) is 11.3 Å². The fourth-order valence-corrected chi connectivity index (χ4v) is 3.85. The van der Waals surface area contributed by atoms with Gasteiger partial charge in [-0.25, -0.2) is 4.98 Å². The molecule has 124 valence electrons. The molecule has 2 aromatic rings. The number of aryl methyl sites for hydroxylation is 2. The van der Waals surface area contributed by atoms with Gasteiger partial charge < -0.3 is 9.47 Å². The molecule has 6 heteroatoms. The number of nitrogens with zero attached hydrogens (tertiary/aromatic N) is 4. The maximum atomic E-state index is 12.5. The molecule has 2 aromatic heterocycles. The topological polar surface area (TPSA) is 41.4 Å². The predicted molar refractivity (Wildman–Crippen MR) is 92.4 cm³/mol. The summed E-state index contributed by atoms with van der Waals surface area (Å²) < 4.78 is 2.06. The summed E-state index contributed by atoms with van der Waals surface area (Å²) in [5, 5.41) is 0. The van der Waals surface area contributed by atoms with Crippen molar-refractivity contribution in [1.82, 2.24) is 19.4 Å². The van der Waals surface area contributed by atoms with Crippen LogP contribution in [0.5, 0.6) is 0 Å². The fourth-order valence-electron chi connectivity index (χ4n) is 2.97. The molecule has 5 nitrogen and oxygen atoms in total. The van der Waals surface area contributed by atoms with Crippen molar-refractivity contribution in [2.45, 2.75) is 26.3 Å². The second-order valence-corrected chi connectivity index (χ2v) is 7.53. The van der Waals surface area contributed by atoms with Crippen LogP contribution in [0.1, 0.15) is 22.0 Å². The van der Waals surface area contributed by atoms with Gasteiger partial charge in [0.25, 0.3) is 0 Å². The zero-order valence-corrected chi connectivity index (χ0v) is 14.7. The molecule has 0 saturated carbocycles. The van der Waals surface area contributed by atoms with Gasteiger partial charge in [-0.2, -0.15) is 0 Å². The first-order valence-electron chi connectivity index (χ1n) is 8.13. The van der Waals surface area contributed by atoms with Crippen LogP contribution in [0, 0.1) is 6.92 Å². The molecule has 1 fully saturated rings. The summed E-state index contributed by atoms with van der Waals surface area (Å²) in [7, 11) is 2.03. The van der Waals surface area contributed by atoms with Crippen molar-refractivity contribution in [3.8, 4) is 0 Å². The van der Waals surface area contributed by atoms with Crippen molar-refractivity contribution in [3.63, 3.8) is 0 Å². The molecule has 0 bridgehead atoms. The summed E-state index contributed by atoms with van der Waals surface area (Å²) in [6.07, 6.45) is 5.38. The third kappa shape index (κ3) is 4.20. The van der Waals surface area contributed by atoms with Crippen molar-refractivity contribution in [2.24, 2.45) is 7.05 Å². The Morgan fingerprint density at radius 2 is 2.13 bits per heavy atom. The van der Waals surface area contributed by atoms with E-state index in [-0.39, 0.29) is 5.91 Å². The summed E-state index contributed by atoms with van der Waals surface area (Å²) >= 11 is 1.72. The number of hydrogen-bond donors (Lipinski definition) is 0. The van der Waals surface area contributed by atoms with Gasteiger partial charge in [0.1, 0.15) is 5.82 Å². The molecule has 0 unspecified atom stereocenters. The minimum absolute atomic E-state index is 0.255. The Hall–Kier alpha value is -1.66. The lowest BCUT2D eigenvalue weighted by molar-refractivity contribution is -0.130. The van der Waals surface area contributed by atoms with E-state index in [1.807, 2.05) is 24.3 Å². The van der Waals surface area contributed by atoms with E-state index in [4.69, 9.17) is 0 Å². The van der Waals surface area contributed by atoms with E-state index < -0.39 is 0 Å². The van der Waals surface area contributed by atoms with Crippen LogP contribution in [0.15, 0.2) is 24.5 Å². The van der Waals surface area contributed by atoms with Gasteiger partial charge in [0.15, 0.2) is 0 Å². The van der Waals surface area contributed by atoms with Crippen molar-refractivity contribution in [3.05, 3.63) is 40.1 Å². The van der Waals surface area contributed by atoms with Crippen LogP contribution in [-0.4, -0.2) is 51.4 Å². The molecule has 0 spiro atoms. The van der Waals surface area contributed by atoms with Gasteiger partial charge in [-0.1, -0.05) is 0 Å². The second kappa shape index (κ2) is 7.27. The second-order valence-electron chi connectivity index (χ2n) is 6.15. The zero-order chi connectivity index (χ0) is 16.2. The summed E-state index contributed by atoms with van der Waals surface area (Å²) in [6, 6.07) is 4.16. The van der Waals surface area contributed by atoms with E-state index in [0.717, 1.165) is 45.0 Å². The van der Waals surface area contributed by atoms with Crippen molar-refractivity contribution >= 4 is 17.2 Å². The van der Waals surface area contributed by atoms with Gasteiger partial charge in [0.05, 0.1) is 13.0 Å². The normalized spacial score (nSPS) is 16.5. The van der Waals surface area contributed by atoms with Crippen molar-refractivity contribution in [1.29, 1.82) is 0 Å². The largest absolute Gasteiger partial charge is 0.341 e. The molecule has 1 aliphatic heterocycles. The number of amides is 1. The van der Waals surface area contributed by atoms with Gasteiger partial charge in [-0.15, -0.1) is 11.3 Å². The van der Waals surface area contributed by atoms with Gasteiger partial charge >= 0.3 is 0 Å². The van der Waals surface area contributed by atoms with Crippen LogP contribution < -0.4 is 0 Å². The highest BCUT2D eigenvalue weighted by Gasteiger charge is 2.20. The molecule has 0 N–H and O–H groups in total. The number of carbonyl (C=O) groups excluding carboxylic acids is 1. The Kier molecular flexibility index (Phi) is 5.13. The standard InChI is InChI=1S/C17H24N4OS/c1-14-4-5-15(23-14)12-17(22)21-8-3-7-20(10-11-21)13-16-18-6-9-19(16)2/h4-6,9H,3,7-8,10-13H2,1-2H3. The van der Waals surface area contributed by atoms with Crippen molar-refractivity contribution < 1.29 is 4.79 Å². The lowest BCUT2D eigenvalue weighted by Crippen LogP contribution is -2.36. The number of hydrogen-bond acceptors (Lipinski definition) is 4. The Labute approximate surface area is 141 Å². The van der Waals surface area contributed by atoms with Crippen LogP contribution >= 0.6 is 11.3 Å². The average Bonchev–Trinajstić information content (AvgIpc) is 3.02. The first-order chi connectivity index (χ1) is 11.1. The van der Waals surface area contributed by atoms with Gasteiger partial charge in [0.2, 0.25) is 5.91 Å². The quantitative estimate of drug-likeness (QED) is 0.861. The van der Waals surface area contributed by atoms with Gasteiger partial charge in [0, 0.05) is 55.4 Å². The van der Waals surface area contributed by atoms with Crippen LogP contribution in [0.2, 0.25) is 0 Å². The Morgan fingerprint density at radius 1 is 1.26 bits per heavy atom. The van der Waals surface area contributed by atoms with Crippen LogP contribution in [0.25, 0.3) is 0 Å². The van der Waals surface area contributed by atoms with Gasteiger partial charge in [-0.3, -0.25) is 9.69 Å². The molecule has 3 heterocycles. The fraction of sp³-hybridized carbons (Fsp3) is 0.529. The van der Waals surface area contributed by atoms with Crippen LogP contribution in [-0.2, 0) is 24.8 Å². The zero-order valence-electron chi connectivity index (χ0n) is 13.9. The summed E-state index contributed by atoms with van der Waals surface area (Å²) in [6.45, 7) is 6.56. The minimum Gasteiger partial charge on any atom is -0.341 e. The number of aromatic nitrogens is 2. The molecule has 0 aliphatic carbocycles. The molecule has 0 atom stereocenters. The lowest BCUT2D eigenvalue weighted by Gasteiger charge is -2.21. The Bertz CT molecular complexity index is 663. The monoisotopic (exact) mass is 332 g/mol.